The van der Waals surface area contributed by atoms with Gasteiger partial charge in [-0.25, -0.2) is 0 Å². The molecule has 0 amide bonds. The number of aromatic amines is 1. The molecule has 92 valence electrons. The predicted molar refractivity (Wildman–Crippen MR) is 57.9 cm³/mol. The number of hydrogen-bond donors (Lipinski definition) is 3. The molecule has 0 bridgehead atoms. The summed E-state index contributed by atoms with van der Waals surface area (Å²) in [5.74, 6) is 0. The fraction of sp³-hybridized carbons (Fsp3) is 0. The fourth-order valence-corrected chi connectivity index (χ4v) is 2.40. The Morgan fingerprint density at radius 2 is 1.59 bits per heavy atom. The number of nitrogens with one attached hydrogen (secondary N) is 1. The molecule has 0 radical (unpaired) electrons. The molecule has 0 saturated heterocycles. The molecule has 0 atom stereocenters. The second kappa shape index (κ2) is 3.53. The van der Waals surface area contributed by atoms with Crippen LogP contribution >= 0.6 is 0 Å². The smallest absolute Gasteiger partial charge is 0.310 e. The standard InChI is InChI=1S/C8H7NO6S2/c10-16(11,12)6-2-1-5-3-8(17(13,14)15)9-7(5)4-6/h1-4,9H,(H,10,11,12)(H,13,14,15). The summed E-state index contributed by atoms with van der Waals surface area (Å²) in [6.07, 6.45) is 0. The van der Waals surface area contributed by atoms with Crippen molar-refractivity contribution in [3.63, 3.8) is 0 Å². The molecule has 2 rings (SSSR count). The molecule has 0 spiro atoms. The van der Waals surface area contributed by atoms with Crippen molar-refractivity contribution in [2.45, 2.75) is 9.92 Å². The van der Waals surface area contributed by atoms with Crippen molar-refractivity contribution in [1.29, 1.82) is 0 Å². The molecule has 2 aromatic rings. The van der Waals surface area contributed by atoms with Crippen LogP contribution in [0.5, 0.6) is 0 Å². The van der Waals surface area contributed by atoms with Crippen molar-refractivity contribution < 1.29 is 25.9 Å². The molecule has 17 heavy (non-hydrogen) atoms. The Bertz CT molecular complexity index is 757. The zero-order valence-electron chi connectivity index (χ0n) is 8.15. The van der Waals surface area contributed by atoms with Crippen LogP contribution in [-0.4, -0.2) is 30.9 Å². The van der Waals surface area contributed by atoms with Crippen LogP contribution in [0.3, 0.4) is 0 Å². The SMILES string of the molecule is O=S(=O)(O)c1ccc2cc(S(=O)(=O)O)[nH]c2c1. The lowest BCUT2D eigenvalue weighted by atomic mass is 10.2. The molecular formula is C8H7NO6S2. The number of rotatable bonds is 2. The van der Waals surface area contributed by atoms with Crippen LogP contribution in [0.1, 0.15) is 0 Å². The van der Waals surface area contributed by atoms with Gasteiger partial charge < -0.3 is 4.98 Å². The van der Waals surface area contributed by atoms with Gasteiger partial charge in [0.15, 0.2) is 5.03 Å². The number of hydrogen-bond acceptors (Lipinski definition) is 4. The lowest BCUT2D eigenvalue weighted by Crippen LogP contribution is -1.98. The number of H-pyrrole nitrogens is 1. The van der Waals surface area contributed by atoms with Crippen LogP contribution in [0, 0.1) is 0 Å². The summed E-state index contributed by atoms with van der Waals surface area (Å²) in [5.41, 5.74) is 0.174. The second-order valence-electron chi connectivity index (χ2n) is 3.33. The normalized spacial score (nSPS) is 13.1. The van der Waals surface area contributed by atoms with E-state index in [0.717, 1.165) is 18.2 Å². The average Bonchev–Trinajstić information content (AvgIpc) is 2.57. The predicted octanol–water partition coefficient (Wildman–Crippen LogP) is 0.661. The van der Waals surface area contributed by atoms with Gasteiger partial charge in [-0.15, -0.1) is 0 Å². The summed E-state index contributed by atoms with van der Waals surface area (Å²) in [6.45, 7) is 0. The van der Waals surface area contributed by atoms with E-state index in [1.54, 1.807) is 0 Å². The zero-order valence-corrected chi connectivity index (χ0v) is 9.79. The van der Waals surface area contributed by atoms with Crippen LogP contribution in [0.25, 0.3) is 10.9 Å². The van der Waals surface area contributed by atoms with Gasteiger partial charge in [0.2, 0.25) is 0 Å². The monoisotopic (exact) mass is 277 g/mol. The first kappa shape index (κ1) is 12.0. The first-order chi connectivity index (χ1) is 7.68. The molecule has 0 aliphatic carbocycles. The van der Waals surface area contributed by atoms with E-state index in [1.165, 1.54) is 6.07 Å². The minimum Gasteiger partial charge on any atom is -0.344 e. The minimum atomic E-state index is -4.38. The summed E-state index contributed by atoms with van der Waals surface area (Å²) >= 11 is 0. The van der Waals surface area contributed by atoms with Crippen LogP contribution in [0.4, 0.5) is 0 Å². The van der Waals surface area contributed by atoms with E-state index >= 15 is 0 Å². The molecule has 0 aliphatic heterocycles. The van der Waals surface area contributed by atoms with E-state index in [4.69, 9.17) is 9.11 Å². The third-order valence-corrected chi connectivity index (χ3v) is 3.77. The molecule has 0 unspecified atom stereocenters. The molecule has 0 aliphatic rings. The highest BCUT2D eigenvalue weighted by Crippen LogP contribution is 2.21. The zero-order chi connectivity index (χ0) is 12.8. The van der Waals surface area contributed by atoms with Gasteiger partial charge in [-0.05, 0) is 18.2 Å². The van der Waals surface area contributed by atoms with Crippen molar-refractivity contribution in [2.75, 3.05) is 0 Å². The summed E-state index contributed by atoms with van der Waals surface area (Å²) < 4.78 is 61.0. The van der Waals surface area contributed by atoms with E-state index in [2.05, 4.69) is 4.98 Å². The number of fused-ring (bicyclic) bond motifs is 1. The Kier molecular flexibility index (Phi) is 2.51. The van der Waals surface area contributed by atoms with Gasteiger partial charge in [-0.3, -0.25) is 9.11 Å². The van der Waals surface area contributed by atoms with Crippen LogP contribution in [0.15, 0.2) is 34.2 Å². The molecule has 3 N–H and O–H groups in total. The van der Waals surface area contributed by atoms with E-state index in [-0.39, 0.29) is 10.4 Å². The van der Waals surface area contributed by atoms with E-state index < -0.39 is 25.3 Å². The number of benzene rings is 1. The van der Waals surface area contributed by atoms with Gasteiger partial charge >= 0.3 is 10.1 Å². The highest BCUT2D eigenvalue weighted by molar-refractivity contribution is 7.86. The quantitative estimate of drug-likeness (QED) is 0.692. The Morgan fingerprint density at radius 1 is 0.941 bits per heavy atom. The molecule has 7 nitrogen and oxygen atoms in total. The van der Waals surface area contributed by atoms with Crippen molar-refractivity contribution in [1.82, 2.24) is 4.98 Å². The largest absolute Gasteiger partial charge is 0.344 e. The lowest BCUT2D eigenvalue weighted by Gasteiger charge is -1.96. The third-order valence-electron chi connectivity index (χ3n) is 2.14. The van der Waals surface area contributed by atoms with Crippen LogP contribution < -0.4 is 0 Å². The Balaban J connectivity index is 2.73. The van der Waals surface area contributed by atoms with Crippen LogP contribution in [0.2, 0.25) is 0 Å². The van der Waals surface area contributed by atoms with E-state index in [9.17, 15) is 16.8 Å². The summed E-state index contributed by atoms with van der Waals surface area (Å²) in [7, 11) is -8.73. The van der Waals surface area contributed by atoms with Crippen LogP contribution in [-0.2, 0) is 20.2 Å². The van der Waals surface area contributed by atoms with E-state index in [1.807, 2.05) is 0 Å². The average molecular weight is 277 g/mol. The maximum absolute atomic E-state index is 10.9. The van der Waals surface area contributed by atoms with Crippen molar-refractivity contribution in [2.24, 2.45) is 0 Å². The van der Waals surface area contributed by atoms with Gasteiger partial charge in [0.05, 0.1) is 4.90 Å². The highest BCUT2D eigenvalue weighted by atomic mass is 32.2. The second-order valence-corrected chi connectivity index (χ2v) is 6.14. The Hall–Kier alpha value is -1.42. The first-order valence-corrected chi connectivity index (χ1v) is 7.14. The maximum atomic E-state index is 10.9. The fourth-order valence-electron chi connectivity index (χ4n) is 1.38. The summed E-state index contributed by atoms with van der Waals surface area (Å²) in [6, 6.07) is 4.65. The van der Waals surface area contributed by atoms with Gasteiger partial charge in [-0.1, -0.05) is 6.07 Å². The summed E-state index contributed by atoms with van der Waals surface area (Å²) in [5, 5.41) is -0.0509. The molecule has 0 fully saturated rings. The molecular weight excluding hydrogens is 270 g/mol. The maximum Gasteiger partial charge on any atom is 0.310 e. The third kappa shape index (κ3) is 2.31. The van der Waals surface area contributed by atoms with Gasteiger partial charge in [-0.2, -0.15) is 16.8 Å². The van der Waals surface area contributed by atoms with E-state index in [0.29, 0.717) is 5.39 Å². The molecule has 9 heteroatoms. The molecule has 1 heterocycles. The first-order valence-electron chi connectivity index (χ1n) is 4.26. The summed E-state index contributed by atoms with van der Waals surface area (Å²) in [4.78, 5) is 1.97. The highest BCUT2D eigenvalue weighted by Gasteiger charge is 2.15. The topological polar surface area (TPSA) is 125 Å². The van der Waals surface area contributed by atoms with Gasteiger partial charge in [0, 0.05) is 10.9 Å². The lowest BCUT2D eigenvalue weighted by molar-refractivity contribution is 0.479. The number of aromatic nitrogens is 1. The molecule has 1 aromatic heterocycles. The minimum absolute atomic E-state index is 0.174. The Morgan fingerprint density at radius 3 is 2.12 bits per heavy atom. The van der Waals surface area contributed by atoms with Gasteiger partial charge in [0.25, 0.3) is 10.1 Å². The van der Waals surface area contributed by atoms with Crippen molar-refractivity contribution >= 4 is 31.1 Å². The van der Waals surface area contributed by atoms with Gasteiger partial charge in [0.1, 0.15) is 0 Å². The molecule has 1 aromatic carbocycles. The molecule has 0 saturated carbocycles. The Labute approximate surface area is 96.6 Å². The van der Waals surface area contributed by atoms with Crippen molar-refractivity contribution in [3.05, 3.63) is 24.3 Å². The van der Waals surface area contributed by atoms with Crippen molar-refractivity contribution in [3.8, 4) is 0 Å².